The van der Waals surface area contributed by atoms with Crippen molar-refractivity contribution in [3.8, 4) is 0 Å². The van der Waals surface area contributed by atoms with Crippen LogP contribution in [0.5, 0.6) is 0 Å². The predicted octanol–water partition coefficient (Wildman–Crippen LogP) is 3.79. The van der Waals surface area contributed by atoms with Crippen molar-refractivity contribution in [2.24, 2.45) is 11.7 Å². The van der Waals surface area contributed by atoms with Crippen LogP contribution >= 0.6 is 0 Å². The third-order valence-electron chi connectivity index (χ3n) is 7.69. The second-order valence-electron chi connectivity index (χ2n) is 10.5. The van der Waals surface area contributed by atoms with Crippen LogP contribution in [0.4, 0.5) is 28.4 Å². The molecule has 13 heteroatoms. The topological polar surface area (TPSA) is 128 Å². The Morgan fingerprint density at radius 2 is 1.95 bits per heavy atom. The fourth-order valence-corrected chi connectivity index (χ4v) is 5.72. The maximum absolute atomic E-state index is 13.5. The molecule has 0 bridgehead atoms. The first-order valence-electron chi connectivity index (χ1n) is 12.9. The minimum Gasteiger partial charge on any atom is -0.351 e. The smallest absolute Gasteiger partial charge is 0.351 e. The van der Waals surface area contributed by atoms with E-state index in [9.17, 15) is 27.6 Å². The highest BCUT2D eigenvalue weighted by atomic mass is 19.4. The van der Waals surface area contributed by atoms with E-state index in [1.54, 1.807) is 25.1 Å². The van der Waals surface area contributed by atoms with Gasteiger partial charge in [0.1, 0.15) is 0 Å². The van der Waals surface area contributed by atoms with E-state index in [2.05, 4.69) is 15.3 Å². The third kappa shape index (κ3) is 5.27. The zero-order chi connectivity index (χ0) is 28.8. The molecule has 0 aliphatic carbocycles. The molecule has 5 amide bonds. The number of nitrogens with zero attached hydrogens (tertiary/aromatic N) is 4. The van der Waals surface area contributed by atoms with Gasteiger partial charge in [-0.2, -0.15) is 13.2 Å². The summed E-state index contributed by atoms with van der Waals surface area (Å²) in [6.07, 6.45) is -3.68. The molecular formula is C27H30F3N7O3. The number of anilines is 1. The number of primary amides is 1. The zero-order valence-electron chi connectivity index (χ0n) is 22.0. The maximum atomic E-state index is 13.5. The number of aromatic amines is 1. The molecule has 3 aromatic rings. The molecule has 2 unspecified atom stereocenters. The first-order chi connectivity index (χ1) is 18.9. The van der Waals surface area contributed by atoms with Gasteiger partial charge < -0.3 is 30.7 Å². The number of H-pyrrole nitrogens is 1. The average molecular weight is 558 g/mol. The van der Waals surface area contributed by atoms with E-state index in [1.807, 2.05) is 24.3 Å². The number of urea groups is 2. The van der Waals surface area contributed by atoms with Gasteiger partial charge in [-0.25, -0.2) is 14.6 Å². The van der Waals surface area contributed by atoms with Crippen LogP contribution in [-0.4, -0.2) is 75.4 Å². The number of nitrogens with one attached hydrogen (secondary N) is 2. The molecule has 1 fully saturated rings. The molecule has 5 rings (SSSR count). The van der Waals surface area contributed by atoms with Gasteiger partial charge in [0.25, 0.3) is 0 Å². The number of piperidine rings is 1. The minimum atomic E-state index is -4.62. The van der Waals surface area contributed by atoms with E-state index in [4.69, 9.17) is 5.73 Å². The fraction of sp³-hybridized carbons (Fsp3) is 0.407. The normalized spacial score (nSPS) is 20.2. The Morgan fingerprint density at radius 3 is 2.65 bits per heavy atom. The number of nitrogens with two attached hydrogens (primary N) is 1. The first kappa shape index (κ1) is 27.3. The summed E-state index contributed by atoms with van der Waals surface area (Å²) in [5.41, 5.74) is 8.40. The van der Waals surface area contributed by atoms with Crippen molar-refractivity contribution in [3.63, 3.8) is 0 Å². The van der Waals surface area contributed by atoms with Gasteiger partial charge in [-0.1, -0.05) is 24.3 Å². The molecule has 3 atom stereocenters. The van der Waals surface area contributed by atoms with Crippen LogP contribution in [0.25, 0.3) is 11.0 Å². The Morgan fingerprint density at radius 1 is 1.20 bits per heavy atom. The molecule has 3 heterocycles. The summed E-state index contributed by atoms with van der Waals surface area (Å²) in [5, 5.41) is 2.91. The largest absolute Gasteiger partial charge is 0.449 e. The summed E-state index contributed by atoms with van der Waals surface area (Å²) in [7, 11) is 3.21. The molecule has 0 spiro atoms. The minimum absolute atomic E-state index is 0.142. The number of carbonyl (C=O) groups is 3. The number of rotatable bonds is 5. The number of hydrogen-bond acceptors (Lipinski definition) is 4. The number of aromatic nitrogens is 2. The lowest BCUT2D eigenvalue weighted by Crippen LogP contribution is -2.59. The number of halogens is 3. The van der Waals surface area contributed by atoms with Gasteiger partial charge in [0.15, 0.2) is 0 Å². The summed E-state index contributed by atoms with van der Waals surface area (Å²) < 4.78 is 39.5. The van der Waals surface area contributed by atoms with Gasteiger partial charge in [-0.3, -0.25) is 4.79 Å². The second kappa shape index (κ2) is 10.4. The Hall–Kier alpha value is -4.29. The lowest BCUT2D eigenvalue weighted by molar-refractivity contribution is -0.144. The molecule has 0 radical (unpaired) electrons. The van der Waals surface area contributed by atoms with E-state index in [0.29, 0.717) is 24.9 Å². The number of benzene rings is 2. The van der Waals surface area contributed by atoms with Gasteiger partial charge in [0.2, 0.25) is 11.7 Å². The number of likely N-dealkylation sites (tertiary alicyclic amines) is 1. The SMILES string of the molecule is CN(C)C(=O)[C@H](Cc1ccc2nc(C(F)(F)F)[nH]c2c1)C1CC(N2Cc3ccccc3NC2=O)CCN1C(N)=O. The fourth-order valence-electron chi connectivity index (χ4n) is 5.72. The summed E-state index contributed by atoms with van der Waals surface area (Å²) in [6.45, 7) is 0.641. The van der Waals surface area contributed by atoms with Crippen LogP contribution in [-0.2, 0) is 23.9 Å². The molecule has 0 saturated carbocycles. The van der Waals surface area contributed by atoms with Crippen LogP contribution in [0.1, 0.15) is 29.8 Å². The van der Waals surface area contributed by atoms with Gasteiger partial charge in [-0.15, -0.1) is 0 Å². The van der Waals surface area contributed by atoms with Gasteiger partial charge in [0.05, 0.1) is 17.0 Å². The number of amides is 5. The van der Waals surface area contributed by atoms with E-state index in [-0.39, 0.29) is 42.0 Å². The average Bonchev–Trinajstić information content (AvgIpc) is 3.35. The zero-order valence-corrected chi connectivity index (χ0v) is 22.0. The third-order valence-corrected chi connectivity index (χ3v) is 7.69. The molecule has 2 aliphatic rings. The summed E-state index contributed by atoms with van der Waals surface area (Å²) >= 11 is 0. The van der Waals surface area contributed by atoms with E-state index < -0.39 is 30.0 Å². The lowest BCUT2D eigenvalue weighted by atomic mass is 9.82. The van der Waals surface area contributed by atoms with Crippen molar-refractivity contribution >= 4 is 34.7 Å². The van der Waals surface area contributed by atoms with Gasteiger partial charge in [0, 0.05) is 45.0 Å². The van der Waals surface area contributed by atoms with Crippen molar-refractivity contribution in [1.29, 1.82) is 0 Å². The quantitative estimate of drug-likeness (QED) is 0.441. The number of hydrogen-bond donors (Lipinski definition) is 3. The van der Waals surface area contributed by atoms with Crippen LogP contribution < -0.4 is 11.1 Å². The Balaban J connectivity index is 1.45. The molecule has 2 aliphatic heterocycles. The molecule has 212 valence electrons. The Labute approximate surface area is 228 Å². The van der Waals surface area contributed by atoms with Crippen LogP contribution in [0.3, 0.4) is 0 Å². The molecule has 1 aromatic heterocycles. The highest BCUT2D eigenvalue weighted by Crippen LogP contribution is 2.34. The summed E-state index contributed by atoms with van der Waals surface area (Å²) in [6, 6.07) is 10.3. The number of imidazole rings is 1. The summed E-state index contributed by atoms with van der Waals surface area (Å²) in [4.78, 5) is 49.6. The highest BCUT2D eigenvalue weighted by molar-refractivity contribution is 5.92. The lowest BCUT2D eigenvalue weighted by Gasteiger charge is -2.46. The molecule has 10 nitrogen and oxygen atoms in total. The van der Waals surface area contributed by atoms with Crippen LogP contribution in [0.2, 0.25) is 0 Å². The molecule has 2 aromatic carbocycles. The summed E-state index contributed by atoms with van der Waals surface area (Å²) in [5.74, 6) is -2.11. The predicted molar refractivity (Wildman–Crippen MR) is 141 cm³/mol. The standard InChI is InChI=1S/C27H30F3N7O3/c1-35(2)23(38)18(11-15-7-8-20-21(12-15)33-24(32-20)27(28,29)30)22-13-17(9-10-36(22)25(31)39)37-14-16-5-3-4-6-19(16)34-26(37)40/h3-8,12,17-18,22H,9-11,13-14H2,1-2H3,(H2,31,39)(H,32,33)(H,34,40)/t17?,18-,22?/m1/s1. The number of fused-ring (bicyclic) bond motifs is 2. The van der Waals surface area contributed by atoms with Crippen molar-refractivity contribution in [1.82, 2.24) is 24.7 Å². The van der Waals surface area contributed by atoms with Gasteiger partial charge >= 0.3 is 18.2 Å². The highest BCUT2D eigenvalue weighted by Gasteiger charge is 2.43. The number of carbonyl (C=O) groups excluding carboxylic acids is 3. The van der Waals surface area contributed by atoms with E-state index >= 15 is 0 Å². The van der Waals surface area contributed by atoms with E-state index in [1.165, 1.54) is 21.9 Å². The van der Waals surface area contributed by atoms with Crippen molar-refractivity contribution in [3.05, 3.63) is 59.4 Å². The van der Waals surface area contributed by atoms with Crippen molar-refractivity contribution in [2.75, 3.05) is 26.0 Å². The molecule has 1 saturated heterocycles. The second-order valence-corrected chi connectivity index (χ2v) is 10.5. The van der Waals surface area contributed by atoms with Crippen LogP contribution in [0, 0.1) is 5.92 Å². The Bertz CT molecular complexity index is 1450. The van der Waals surface area contributed by atoms with Crippen molar-refractivity contribution < 1.29 is 27.6 Å². The number of para-hydroxylation sites is 1. The molecule has 4 N–H and O–H groups in total. The van der Waals surface area contributed by atoms with Crippen LogP contribution in [0.15, 0.2) is 42.5 Å². The first-order valence-corrected chi connectivity index (χ1v) is 12.9. The Kier molecular flexibility index (Phi) is 7.06. The van der Waals surface area contributed by atoms with Crippen molar-refractivity contribution in [2.45, 2.75) is 44.1 Å². The monoisotopic (exact) mass is 557 g/mol. The number of alkyl halides is 3. The molecule has 40 heavy (non-hydrogen) atoms. The van der Waals surface area contributed by atoms with E-state index in [0.717, 1.165) is 11.3 Å². The molecular weight excluding hydrogens is 527 g/mol. The van der Waals surface area contributed by atoms with Gasteiger partial charge in [-0.05, 0) is 48.6 Å². The maximum Gasteiger partial charge on any atom is 0.449 e.